The van der Waals surface area contributed by atoms with Gasteiger partial charge in [0.25, 0.3) is 0 Å². The van der Waals surface area contributed by atoms with E-state index in [9.17, 15) is 0 Å². The van der Waals surface area contributed by atoms with Crippen LogP contribution >= 0.6 is 0 Å². The molecule has 0 unspecified atom stereocenters. The highest BCUT2D eigenvalue weighted by Crippen LogP contribution is 2.27. The van der Waals surface area contributed by atoms with Gasteiger partial charge < -0.3 is 14.8 Å². The van der Waals surface area contributed by atoms with E-state index in [1.165, 1.54) is 19.4 Å². The van der Waals surface area contributed by atoms with Crippen molar-refractivity contribution < 1.29 is 9.47 Å². The van der Waals surface area contributed by atoms with Crippen molar-refractivity contribution in [2.45, 2.75) is 12.8 Å². The number of hydrogen-bond donors (Lipinski definition) is 1. The van der Waals surface area contributed by atoms with Gasteiger partial charge in [-0.3, -0.25) is 4.90 Å². The fraction of sp³-hybridized carbons (Fsp3) is 1.00. The van der Waals surface area contributed by atoms with Crippen LogP contribution < -0.4 is 5.32 Å². The van der Waals surface area contributed by atoms with E-state index in [-0.39, 0.29) is 0 Å². The summed E-state index contributed by atoms with van der Waals surface area (Å²) in [5, 5.41) is 3.51. The van der Waals surface area contributed by atoms with Gasteiger partial charge in [-0.05, 0) is 25.3 Å². The fourth-order valence-corrected chi connectivity index (χ4v) is 1.64. The van der Waals surface area contributed by atoms with Crippen molar-refractivity contribution in [1.29, 1.82) is 0 Å². The molecule has 96 valence electrons. The number of ether oxygens (including phenoxy) is 2. The molecule has 0 heterocycles. The molecular formula is C12H26N2O2. The van der Waals surface area contributed by atoms with Gasteiger partial charge in [0.1, 0.15) is 0 Å². The summed E-state index contributed by atoms with van der Waals surface area (Å²) >= 11 is 0. The van der Waals surface area contributed by atoms with E-state index in [1.54, 1.807) is 14.2 Å². The van der Waals surface area contributed by atoms with Crippen LogP contribution in [0.4, 0.5) is 0 Å². The molecule has 1 N–H and O–H groups in total. The summed E-state index contributed by atoms with van der Waals surface area (Å²) in [7, 11) is 3.50. The van der Waals surface area contributed by atoms with Crippen molar-refractivity contribution in [2.24, 2.45) is 5.92 Å². The summed E-state index contributed by atoms with van der Waals surface area (Å²) in [6, 6.07) is 0. The molecule has 0 aromatic carbocycles. The zero-order valence-corrected chi connectivity index (χ0v) is 10.7. The average Bonchev–Trinajstić information content (AvgIpc) is 3.11. The van der Waals surface area contributed by atoms with Crippen molar-refractivity contribution in [3.8, 4) is 0 Å². The smallest absolute Gasteiger partial charge is 0.0589 e. The van der Waals surface area contributed by atoms with E-state index in [0.29, 0.717) is 0 Å². The highest BCUT2D eigenvalue weighted by Gasteiger charge is 2.20. The Morgan fingerprint density at radius 3 is 2.19 bits per heavy atom. The molecule has 0 amide bonds. The molecule has 0 aliphatic heterocycles. The molecule has 1 aliphatic carbocycles. The Morgan fingerprint density at radius 1 is 1.06 bits per heavy atom. The van der Waals surface area contributed by atoms with Gasteiger partial charge in [-0.25, -0.2) is 0 Å². The third kappa shape index (κ3) is 7.17. The van der Waals surface area contributed by atoms with Crippen molar-refractivity contribution in [3.63, 3.8) is 0 Å². The Bertz CT molecular complexity index is 155. The zero-order valence-electron chi connectivity index (χ0n) is 10.7. The van der Waals surface area contributed by atoms with E-state index in [0.717, 1.165) is 45.3 Å². The summed E-state index contributed by atoms with van der Waals surface area (Å²) in [4.78, 5) is 2.38. The van der Waals surface area contributed by atoms with Crippen molar-refractivity contribution in [2.75, 3.05) is 60.2 Å². The number of methoxy groups -OCH3 is 2. The third-order valence-electron chi connectivity index (χ3n) is 2.96. The van der Waals surface area contributed by atoms with Crippen LogP contribution in [-0.2, 0) is 9.47 Å². The monoisotopic (exact) mass is 230 g/mol. The van der Waals surface area contributed by atoms with Gasteiger partial charge in [-0.1, -0.05) is 0 Å². The minimum absolute atomic E-state index is 0.798. The van der Waals surface area contributed by atoms with E-state index < -0.39 is 0 Å². The van der Waals surface area contributed by atoms with Crippen LogP contribution in [0.1, 0.15) is 12.8 Å². The van der Waals surface area contributed by atoms with Crippen LogP contribution in [0.15, 0.2) is 0 Å². The quantitative estimate of drug-likeness (QED) is 0.527. The minimum atomic E-state index is 0.798. The predicted octanol–water partition coefficient (Wildman–Crippen LogP) is 0.581. The van der Waals surface area contributed by atoms with E-state index >= 15 is 0 Å². The van der Waals surface area contributed by atoms with Crippen LogP contribution in [0, 0.1) is 5.92 Å². The SMILES string of the molecule is COCCN(CCNCC1CC1)CCOC. The second-order valence-corrected chi connectivity index (χ2v) is 4.47. The van der Waals surface area contributed by atoms with Crippen molar-refractivity contribution in [3.05, 3.63) is 0 Å². The molecule has 0 spiro atoms. The molecule has 1 rings (SSSR count). The second-order valence-electron chi connectivity index (χ2n) is 4.47. The maximum Gasteiger partial charge on any atom is 0.0589 e. The van der Waals surface area contributed by atoms with Gasteiger partial charge in [-0.2, -0.15) is 0 Å². The Labute approximate surface area is 99.3 Å². The first-order chi connectivity index (χ1) is 7.86. The Hall–Kier alpha value is -0.160. The summed E-state index contributed by atoms with van der Waals surface area (Å²) in [6.45, 7) is 6.93. The first-order valence-corrected chi connectivity index (χ1v) is 6.27. The van der Waals surface area contributed by atoms with Gasteiger partial charge in [0, 0.05) is 40.4 Å². The average molecular weight is 230 g/mol. The Morgan fingerprint density at radius 2 is 1.69 bits per heavy atom. The van der Waals surface area contributed by atoms with Crippen LogP contribution in [0.5, 0.6) is 0 Å². The van der Waals surface area contributed by atoms with Gasteiger partial charge in [0.15, 0.2) is 0 Å². The van der Waals surface area contributed by atoms with E-state index in [1.807, 2.05) is 0 Å². The number of nitrogens with one attached hydrogen (secondary N) is 1. The minimum Gasteiger partial charge on any atom is -0.383 e. The van der Waals surface area contributed by atoms with Crippen LogP contribution in [0.3, 0.4) is 0 Å². The van der Waals surface area contributed by atoms with Gasteiger partial charge in [0.05, 0.1) is 13.2 Å². The summed E-state index contributed by atoms with van der Waals surface area (Å²) in [5.74, 6) is 0.964. The molecule has 4 nitrogen and oxygen atoms in total. The van der Waals surface area contributed by atoms with Gasteiger partial charge >= 0.3 is 0 Å². The number of hydrogen-bond acceptors (Lipinski definition) is 4. The van der Waals surface area contributed by atoms with Crippen molar-refractivity contribution in [1.82, 2.24) is 10.2 Å². The molecule has 4 heteroatoms. The predicted molar refractivity (Wildman–Crippen MR) is 65.8 cm³/mol. The molecule has 0 atom stereocenters. The number of nitrogens with zero attached hydrogens (tertiary/aromatic N) is 1. The summed E-state index contributed by atoms with van der Waals surface area (Å²) in [5.41, 5.74) is 0. The highest BCUT2D eigenvalue weighted by molar-refractivity contribution is 4.75. The Kier molecular flexibility index (Phi) is 7.76. The van der Waals surface area contributed by atoms with Crippen LogP contribution in [0.2, 0.25) is 0 Å². The fourth-order valence-electron chi connectivity index (χ4n) is 1.64. The first-order valence-electron chi connectivity index (χ1n) is 6.27. The normalized spacial score (nSPS) is 15.9. The van der Waals surface area contributed by atoms with E-state index in [4.69, 9.17) is 9.47 Å². The van der Waals surface area contributed by atoms with Gasteiger partial charge in [-0.15, -0.1) is 0 Å². The maximum atomic E-state index is 5.10. The summed E-state index contributed by atoms with van der Waals surface area (Å²) in [6.07, 6.45) is 2.84. The molecule has 0 aromatic heterocycles. The molecule has 0 saturated heterocycles. The third-order valence-corrected chi connectivity index (χ3v) is 2.96. The zero-order chi connectivity index (χ0) is 11.6. The number of rotatable bonds is 11. The van der Waals surface area contributed by atoms with E-state index in [2.05, 4.69) is 10.2 Å². The molecule has 0 bridgehead atoms. The molecule has 1 saturated carbocycles. The lowest BCUT2D eigenvalue weighted by molar-refractivity contribution is 0.114. The topological polar surface area (TPSA) is 33.7 Å². The van der Waals surface area contributed by atoms with Crippen LogP contribution in [0.25, 0.3) is 0 Å². The lowest BCUT2D eigenvalue weighted by atomic mass is 10.4. The first kappa shape index (κ1) is 13.9. The summed E-state index contributed by atoms with van der Waals surface area (Å²) < 4.78 is 10.2. The Balaban J connectivity index is 1.99. The van der Waals surface area contributed by atoms with Crippen molar-refractivity contribution >= 4 is 0 Å². The highest BCUT2D eigenvalue weighted by atomic mass is 16.5. The molecular weight excluding hydrogens is 204 g/mol. The van der Waals surface area contributed by atoms with Gasteiger partial charge in [0.2, 0.25) is 0 Å². The molecule has 0 aromatic rings. The lowest BCUT2D eigenvalue weighted by Gasteiger charge is -2.21. The molecule has 1 aliphatic rings. The maximum absolute atomic E-state index is 5.10. The lowest BCUT2D eigenvalue weighted by Crippen LogP contribution is -2.37. The second kappa shape index (κ2) is 8.93. The molecule has 0 radical (unpaired) electrons. The molecule has 1 fully saturated rings. The molecule has 16 heavy (non-hydrogen) atoms. The largest absolute Gasteiger partial charge is 0.383 e. The standard InChI is InChI=1S/C12H26N2O2/c1-15-9-7-14(8-10-16-2)6-5-13-11-12-3-4-12/h12-13H,3-11H2,1-2H3. The van der Waals surface area contributed by atoms with Crippen LogP contribution in [-0.4, -0.2) is 65.1 Å².